The van der Waals surface area contributed by atoms with Crippen molar-refractivity contribution in [2.24, 2.45) is 5.92 Å². The van der Waals surface area contributed by atoms with E-state index in [0.717, 1.165) is 12.0 Å². The molecule has 0 fully saturated rings. The topological polar surface area (TPSA) is 69.7 Å². The van der Waals surface area contributed by atoms with Crippen LogP contribution in [-0.4, -0.2) is 30.9 Å². The lowest BCUT2D eigenvalue weighted by Gasteiger charge is -2.14. The summed E-state index contributed by atoms with van der Waals surface area (Å²) in [6.07, 6.45) is 2.71. The zero-order valence-electron chi connectivity index (χ0n) is 11.6. The van der Waals surface area contributed by atoms with Crippen molar-refractivity contribution in [3.63, 3.8) is 0 Å². The normalized spacial score (nSPS) is 20.6. The molecule has 5 heteroatoms. The molecular formula is C14H18O5. The molecule has 0 spiro atoms. The van der Waals surface area contributed by atoms with Gasteiger partial charge >= 0.3 is 11.9 Å². The molecule has 2 unspecified atom stereocenters. The highest BCUT2D eigenvalue weighted by Gasteiger charge is 2.36. The maximum atomic E-state index is 12.2. The minimum Gasteiger partial charge on any atom is -0.468 e. The number of methoxy groups -OCH3 is 1. The lowest BCUT2D eigenvalue weighted by Crippen LogP contribution is -2.33. The van der Waals surface area contributed by atoms with Crippen molar-refractivity contribution >= 4 is 17.7 Å². The van der Waals surface area contributed by atoms with Gasteiger partial charge in [0, 0.05) is 5.57 Å². The fourth-order valence-electron chi connectivity index (χ4n) is 1.65. The van der Waals surface area contributed by atoms with E-state index in [4.69, 9.17) is 4.74 Å². The molecule has 1 heterocycles. The number of Topliss-reactive ketones (excluding diaryl/α,β-unsaturated/α-hetero) is 1. The Bertz CT molecular complexity index is 458. The monoisotopic (exact) mass is 266 g/mol. The van der Waals surface area contributed by atoms with Gasteiger partial charge in [0.05, 0.1) is 7.11 Å². The number of carbonyl (C=O) groups is 3. The van der Waals surface area contributed by atoms with E-state index in [1.807, 2.05) is 13.8 Å². The number of ketones is 1. The van der Waals surface area contributed by atoms with Gasteiger partial charge in [0.25, 0.3) is 0 Å². The molecule has 1 aliphatic rings. The standard InChI is InChI=1S/C14H18O5/c1-5-8(2)6-10(14(17)18-4)12(15)11-7-9(3)13(16)19-11/h6-7,10-11H,5H2,1-4H3. The van der Waals surface area contributed by atoms with E-state index in [2.05, 4.69) is 4.74 Å². The second-order valence-electron chi connectivity index (χ2n) is 4.45. The first-order valence-corrected chi connectivity index (χ1v) is 6.09. The Labute approximate surface area is 112 Å². The Hall–Kier alpha value is -1.91. The van der Waals surface area contributed by atoms with Crippen molar-refractivity contribution in [3.05, 3.63) is 23.3 Å². The number of hydrogen-bond acceptors (Lipinski definition) is 5. The fraction of sp³-hybridized carbons (Fsp3) is 0.500. The molecule has 0 radical (unpaired) electrons. The second kappa shape index (κ2) is 6.31. The molecule has 0 saturated heterocycles. The first-order valence-electron chi connectivity index (χ1n) is 6.09. The van der Waals surface area contributed by atoms with E-state index in [1.165, 1.54) is 13.2 Å². The van der Waals surface area contributed by atoms with E-state index < -0.39 is 29.7 Å². The first kappa shape index (κ1) is 15.1. The Kier molecular flexibility index (Phi) is 5.03. The number of cyclic esters (lactones) is 1. The van der Waals surface area contributed by atoms with Crippen LogP contribution in [-0.2, 0) is 23.9 Å². The van der Waals surface area contributed by atoms with Crippen LogP contribution in [0.4, 0.5) is 0 Å². The smallest absolute Gasteiger partial charge is 0.334 e. The summed E-state index contributed by atoms with van der Waals surface area (Å²) in [5.74, 6) is -2.69. The third-order valence-corrected chi connectivity index (χ3v) is 3.01. The highest BCUT2D eigenvalue weighted by molar-refractivity contribution is 6.07. The highest BCUT2D eigenvalue weighted by atomic mass is 16.6. The summed E-state index contributed by atoms with van der Waals surface area (Å²) in [5, 5.41) is 0. The van der Waals surface area contributed by atoms with Gasteiger partial charge < -0.3 is 9.47 Å². The fourth-order valence-corrected chi connectivity index (χ4v) is 1.65. The van der Waals surface area contributed by atoms with Crippen LogP contribution >= 0.6 is 0 Å². The van der Waals surface area contributed by atoms with Gasteiger partial charge in [0.1, 0.15) is 5.92 Å². The summed E-state index contributed by atoms with van der Waals surface area (Å²) in [4.78, 5) is 35.2. The molecular weight excluding hydrogens is 248 g/mol. The number of ether oxygens (including phenoxy) is 2. The maximum absolute atomic E-state index is 12.2. The lowest BCUT2D eigenvalue weighted by molar-refractivity contribution is -0.154. The minimum absolute atomic E-state index is 0.373. The molecule has 2 atom stereocenters. The quantitative estimate of drug-likeness (QED) is 0.429. The second-order valence-corrected chi connectivity index (χ2v) is 4.45. The predicted molar refractivity (Wildman–Crippen MR) is 68.2 cm³/mol. The molecule has 1 rings (SSSR count). The number of esters is 2. The molecule has 0 aromatic rings. The molecule has 0 saturated carbocycles. The van der Waals surface area contributed by atoms with Gasteiger partial charge in [-0.1, -0.05) is 18.6 Å². The van der Waals surface area contributed by atoms with Crippen molar-refractivity contribution < 1.29 is 23.9 Å². The van der Waals surface area contributed by atoms with Crippen molar-refractivity contribution in [1.82, 2.24) is 0 Å². The van der Waals surface area contributed by atoms with Crippen molar-refractivity contribution in [1.29, 1.82) is 0 Å². The van der Waals surface area contributed by atoms with Gasteiger partial charge in [-0.15, -0.1) is 0 Å². The zero-order valence-corrected chi connectivity index (χ0v) is 11.6. The Morgan fingerprint density at radius 3 is 2.58 bits per heavy atom. The SMILES string of the molecule is CCC(C)=CC(C(=O)OC)C(=O)C1C=C(C)C(=O)O1. The van der Waals surface area contributed by atoms with E-state index in [9.17, 15) is 14.4 Å². The van der Waals surface area contributed by atoms with Crippen LogP contribution in [0.5, 0.6) is 0 Å². The molecule has 0 N–H and O–H groups in total. The third kappa shape index (κ3) is 3.53. The molecule has 104 valence electrons. The van der Waals surface area contributed by atoms with Gasteiger partial charge in [-0.3, -0.25) is 9.59 Å². The summed E-state index contributed by atoms with van der Waals surface area (Å²) in [7, 11) is 1.22. The van der Waals surface area contributed by atoms with Crippen LogP contribution in [0, 0.1) is 5.92 Å². The van der Waals surface area contributed by atoms with Crippen LogP contribution in [0.15, 0.2) is 23.3 Å². The minimum atomic E-state index is -1.04. The summed E-state index contributed by atoms with van der Waals surface area (Å²) in [6, 6.07) is 0. The van der Waals surface area contributed by atoms with E-state index >= 15 is 0 Å². The Morgan fingerprint density at radius 2 is 2.16 bits per heavy atom. The van der Waals surface area contributed by atoms with E-state index in [0.29, 0.717) is 5.57 Å². The Morgan fingerprint density at radius 1 is 1.53 bits per heavy atom. The number of rotatable bonds is 5. The third-order valence-electron chi connectivity index (χ3n) is 3.01. The summed E-state index contributed by atoms with van der Waals surface area (Å²) in [5.41, 5.74) is 1.27. The van der Waals surface area contributed by atoms with Gasteiger partial charge in [-0.05, 0) is 26.3 Å². The molecule has 0 aromatic heterocycles. The van der Waals surface area contributed by atoms with Crippen LogP contribution < -0.4 is 0 Å². The molecule has 0 bridgehead atoms. The number of hydrogen-bond donors (Lipinski definition) is 0. The van der Waals surface area contributed by atoms with Crippen LogP contribution in [0.3, 0.4) is 0 Å². The first-order chi connectivity index (χ1) is 8.90. The van der Waals surface area contributed by atoms with Gasteiger partial charge in [0.15, 0.2) is 11.9 Å². The van der Waals surface area contributed by atoms with E-state index in [-0.39, 0.29) is 0 Å². The van der Waals surface area contributed by atoms with Gasteiger partial charge in [-0.25, -0.2) is 4.79 Å². The summed E-state index contributed by atoms with van der Waals surface area (Å²) >= 11 is 0. The molecule has 0 amide bonds. The van der Waals surface area contributed by atoms with Crippen LogP contribution in [0.2, 0.25) is 0 Å². The maximum Gasteiger partial charge on any atom is 0.334 e. The lowest BCUT2D eigenvalue weighted by atomic mass is 9.96. The highest BCUT2D eigenvalue weighted by Crippen LogP contribution is 2.20. The van der Waals surface area contributed by atoms with Crippen LogP contribution in [0.25, 0.3) is 0 Å². The van der Waals surface area contributed by atoms with Crippen LogP contribution in [0.1, 0.15) is 27.2 Å². The largest absolute Gasteiger partial charge is 0.468 e. The Balaban J connectivity index is 2.96. The zero-order chi connectivity index (χ0) is 14.6. The summed E-state index contributed by atoms with van der Waals surface area (Å²) < 4.78 is 9.53. The average Bonchev–Trinajstić information content (AvgIpc) is 2.74. The molecule has 1 aliphatic heterocycles. The van der Waals surface area contributed by atoms with Crippen molar-refractivity contribution in [3.8, 4) is 0 Å². The van der Waals surface area contributed by atoms with Crippen molar-refractivity contribution in [2.75, 3.05) is 7.11 Å². The van der Waals surface area contributed by atoms with Crippen molar-refractivity contribution in [2.45, 2.75) is 33.3 Å². The molecule has 5 nitrogen and oxygen atoms in total. The number of allylic oxidation sites excluding steroid dienone is 1. The number of carbonyl (C=O) groups excluding carboxylic acids is 3. The predicted octanol–water partition coefficient (Wildman–Crippen LogP) is 1.57. The average molecular weight is 266 g/mol. The molecule has 0 aliphatic carbocycles. The summed E-state index contributed by atoms with van der Waals surface area (Å²) in [6.45, 7) is 5.31. The van der Waals surface area contributed by atoms with Gasteiger partial charge in [0.2, 0.25) is 0 Å². The molecule has 0 aromatic carbocycles. The van der Waals surface area contributed by atoms with Gasteiger partial charge in [-0.2, -0.15) is 0 Å². The molecule has 19 heavy (non-hydrogen) atoms. The van der Waals surface area contributed by atoms with E-state index in [1.54, 1.807) is 13.0 Å².